The summed E-state index contributed by atoms with van der Waals surface area (Å²) in [5, 5.41) is 0. The fraction of sp³-hybridized carbons (Fsp3) is 0.375. The minimum Gasteiger partial charge on any atom is -0.496 e. The highest BCUT2D eigenvalue weighted by atomic mass is 16.5. The lowest BCUT2D eigenvalue weighted by molar-refractivity contribution is 0.415. The van der Waals surface area contributed by atoms with Crippen LogP contribution in [0.1, 0.15) is 31.2 Å². The Balaban J connectivity index is 2.43. The molecule has 0 aliphatic heterocycles. The molecule has 1 aromatic heterocycles. The van der Waals surface area contributed by atoms with E-state index in [9.17, 15) is 0 Å². The summed E-state index contributed by atoms with van der Waals surface area (Å²) in [7, 11) is 1.69. The number of methoxy groups -OCH3 is 1. The zero-order chi connectivity index (χ0) is 14.5. The van der Waals surface area contributed by atoms with Crippen molar-refractivity contribution in [2.24, 2.45) is 5.73 Å². The van der Waals surface area contributed by atoms with Crippen molar-refractivity contribution < 1.29 is 4.74 Å². The summed E-state index contributed by atoms with van der Waals surface area (Å²) in [5.41, 5.74) is 8.66. The predicted molar refractivity (Wildman–Crippen MR) is 80.9 cm³/mol. The molecule has 4 nitrogen and oxygen atoms in total. The third-order valence-corrected chi connectivity index (χ3v) is 3.24. The second kappa shape index (κ2) is 6.48. The molecule has 0 amide bonds. The van der Waals surface area contributed by atoms with Gasteiger partial charge in [0.2, 0.25) is 0 Å². The standard InChI is InChI=1S/C16H21N3O/c1-11(2)12-4-5-13(15(10-12)20-3)14-7-9-18-16(19-14)6-8-17/h4-5,7,9-11H,6,8,17H2,1-3H3. The molecule has 2 rings (SSSR count). The summed E-state index contributed by atoms with van der Waals surface area (Å²) >= 11 is 0. The summed E-state index contributed by atoms with van der Waals surface area (Å²) in [6.07, 6.45) is 2.45. The summed E-state index contributed by atoms with van der Waals surface area (Å²) in [5.74, 6) is 2.07. The molecule has 0 saturated heterocycles. The van der Waals surface area contributed by atoms with E-state index in [0.29, 0.717) is 18.9 Å². The van der Waals surface area contributed by atoms with E-state index in [1.165, 1.54) is 5.56 Å². The lowest BCUT2D eigenvalue weighted by Crippen LogP contribution is -2.06. The van der Waals surface area contributed by atoms with Crippen LogP contribution in [0.5, 0.6) is 5.75 Å². The molecule has 0 radical (unpaired) electrons. The van der Waals surface area contributed by atoms with Gasteiger partial charge in [-0.15, -0.1) is 0 Å². The average molecular weight is 271 g/mol. The van der Waals surface area contributed by atoms with Gasteiger partial charge in [0.15, 0.2) is 0 Å². The van der Waals surface area contributed by atoms with E-state index in [-0.39, 0.29) is 0 Å². The Bertz CT molecular complexity index is 582. The van der Waals surface area contributed by atoms with Crippen LogP contribution in [0.2, 0.25) is 0 Å². The van der Waals surface area contributed by atoms with Crippen molar-refractivity contribution in [2.75, 3.05) is 13.7 Å². The molecule has 0 aliphatic carbocycles. The molecule has 1 heterocycles. The van der Waals surface area contributed by atoms with E-state index in [0.717, 1.165) is 22.8 Å². The maximum Gasteiger partial charge on any atom is 0.130 e. The molecule has 2 N–H and O–H groups in total. The Morgan fingerprint density at radius 2 is 2.05 bits per heavy atom. The Morgan fingerprint density at radius 3 is 2.70 bits per heavy atom. The van der Waals surface area contributed by atoms with Gasteiger partial charge in [-0.25, -0.2) is 9.97 Å². The van der Waals surface area contributed by atoms with E-state index in [4.69, 9.17) is 10.5 Å². The van der Waals surface area contributed by atoms with E-state index in [1.54, 1.807) is 13.3 Å². The van der Waals surface area contributed by atoms with Crippen LogP contribution < -0.4 is 10.5 Å². The van der Waals surface area contributed by atoms with Crippen LogP contribution in [-0.4, -0.2) is 23.6 Å². The number of nitrogens with two attached hydrogens (primary N) is 1. The zero-order valence-corrected chi connectivity index (χ0v) is 12.3. The first-order chi connectivity index (χ1) is 9.65. The number of hydrogen-bond donors (Lipinski definition) is 1. The van der Waals surface area contributed by atoms with E-state index < -0.39 is 0 Å². The Labute approximate surface area is 120 Å². The number of aromatic nitrogens is 2. The molecule has 0 fully saturated rings. The molecule has 0 bridgehead atoms. The molecule has 1 aromatic carbocycles. The van der Waals surface area contributed by atoms with Crippen molar-refractivity contribution in [1.29, 1.82) is 0 Å². The molecular weight excluding hydrogens is 250 g/mol. The van der Waals surface area contributed by atoms with Gasteiger partial charge in [0.1, 0.15) is 11.6 Å². The van der Waals surface area contributed by atoms with Gasteiger partial charge in [0.25, 0.3) is 0 Å². The van der Waals surface area contributed by atoms with Crippen molar-refractivity contribution in [2.45, 2.75) is 26.2 Å². The van der Waals surface area contributed by atoms with Crippen LogP contribution in [-0.2, 0) is 6.42 Å². The van der Waals surface area contributed by atoms with Gasteiger partial charge in [-0.2, -0.15) is 0 Å². The second-order valence-corrected chi connectivity index (χ2v) is 5.01. The first-order valence-electron chi connectivity index (χ1n) is 6.86. The topological polar surface area (TPSA) is 61.0 Å². The minimum atomic E-state index is 0.469. The Kier molecular flexibility index (Phi) is 4.69. The molecule has 0 spiro atoms. The van der Waals surface area contributed by atoms with Crippen LogP contribution in [0, 0.1) is 0 Å². The maximum absolute atomic E-state index is 5.55. The van der Waals surface area contributed by atoms with Crippen LogP contribution in [0.3, 0.4) is 0 Å². The van der Waals surface area contributed by atoms with Crippen LogP contribution in [0.25, 0.3) is 11.3 Å². The highest BCUT2D eigenvalue weighted by Gasteiger charge is 2.10. The maximum atomic E-state index is 5.55. The van der Waals surface area contributed by atoms with E-state index >= 15 is 0 Å². The van der Waals surface area contributed by atoms with Crippen molar-refractivity contribution >= 4 is 0 Å². The first kappa shape index (κ1) is 14.5. The Morgan fingerprint density at radius 1 is 1.25 bits per heavy atom. The third kappa shape index (κ3) is 3.14. The lowest BCUT2D eigenvalue weighted by atomic mass is 9.99. The smallest absolute Gasteiger partial charge is 0.130 e. The second-order valence-electron chi connectivity index (χ2n) is 5.01. The van der Waals surface area contributed by atoms with Gasteiger partial charge in [-0.05, 0) is 36.2 Å². The predicted octanol–water partition coefficient (Wildman–Crippen LogP) is 2.78. The third-order valence-electron chi connectivity index (χ3n) is 3.24. The van der Waals surface area contributed by atoms with E-state index in [2.05, 4.69) is 42.0 Å². The van der Waals surface area contributed by atoms with Gasteiger partial charge in [0.05, 0.1) is 12.8 Å². The van der Waals surface area contributed by atoms with Crippen molar-refractivity contribution in [3.05, 3.63) is 41.9 Å². The lowest BCUT2D eigenvalue weighted by Gasteiger charge is -2.12. The van der Waals surface area contributed by atoms with Crippen molar-refractivity contribution in [1.82, 2.24) is 9.97 Å². The summed E-state index contributed by atoms with van der Waals surface area (Å²) in [4.78, 5) is 8.77. The van der Waals surface area contributed by atoms with Gasteiger partial charge in [-0.1, -0.05) is 19.9 Å². The molecule has 106 valence electrons. The number of rotatable bonds is 5. The molecule has 0 saturated carbocycles. The number of benzene rings is 1. The normalized spacial score (nSPS) is 10.8. The molecule has 2 aromatic rings. The van der Waals surface area contributed by atoms with Gasteiger partial charge in [-0.3, -0.25) is 0 Å². The fourth-order valence-electron chi connectivity index (χ4n) is 2.08. The number of hydrogen-bond acceptors (Lipinski definition) is 4. The molecule has 0 unspecified atom stereocenters. The van der Waals surface area contributed by atoms with Crippen LogP contribution >= 0.6 is 0 Å². The van der Waals surface area contributed by atoms with Gasteiger partial charge >= 0.3 is 0 Å². The highest BCUT2D eigenvalue weighted by Crippen LogP contribution is 2.31. The monoisotopic (exact) mass is 271 g/mol. The quantitative estimate of drug-likeness (QED) is 0.908. The molecule has 0 atom stereocenters. The SMILES string of the molecule is COc1cc(C(C)C)ccc1-c1ccnc(CCN)n1. The summed E-state index contributed by atoms with van der Waals surface area (Å²) < 4.78 is 5.51. The zero-order valence-electron chi connectivity index (χ0n) is 12.3. The Hall–Kier alpha value is -1.94. The molecular formula is C16H21N3O. The van der Waals surface area contributed by atoms with Gasteiger partial charge < -0.3 is 10.5 Å². The first-order valence-corrected chi connectivity index (χ1v) is 6.86. The summed E-state index contributed by atoms with van der Waals surface area (Å²) in [6, 6.07) is 8.15. The molecule has 0 aliphatic rings. The number of nitrogens with zero attached hydrogens (tertiary/aromatic N) is 2. The number of ether oxygens (including phenoxy) is 1. The fourth-order valence-corrected chi connectivity index (χ4v) is 2.08. The van der Waals surface area contributed by atoms with Crippen molar-refractivity contribution in [3.8, 4) is 17.0 Å². The molecule has 4 heteroatoms. The largest absolute Gasteiger partial charge is 0.496 e. The van der Waals surface area contributed by atoms with Gasteiger partial charge in [0, 0.05) is 18.2 Å². The van der Waals surface area contributed by atoms with Crippen molar-refractivity contribution in [3.63, 3.8) is 0 Å². The van der Waals surface area contributed by atoms with Crippen LogP contribution in [0.4, 0.5) is 0 Å². The summed E-state index contributed by atoms with van der Waals surface area (Å²) in [6.45, 7) is 4.88. The minimum absolute atomic E-state index is 0.469. The highest BCUT2D eigenvalue weighted by molar-refractivity contribution is 5.67. The molecule has 20 heavy (non-hydrogen) atoms. The van der Waals surface area contributed by atoms with Crippen LogP contribution in [0.15, 0.2) is 30.5 Å². The van der Waals surface area contributed by atoms with E-state index in [1.807, 2.05) is 6.07 Å². The average Bonchev–Trinajstić information content (AvgIpc) is 2.47.